The molecular weight excluding hydrogens is 208 g/mol. The van der Waals surface area contributed by atoms with Crippen LogP contribution in [0.25, 0.3) is 0 Å². The standard InChI is InChI=1S/C15H24N2/c1-14(2,3)11-8-7-9-12-13(11)17(6)15(4,5)10-16-12/h7-9,16H,10H2,1-6H3. The average Bonchev–Trinajstić information content (AvgIpc) is 2.22. The summed E-state index contributed by atoms with van der Waals surface area (Å²) in [6, 6.07) is 6.58. The molecule has 0 aliphatic carbocycles. The molecule has 0 unspecified atom stereocenters. The van der Waals surface area contributed by atoms with Crippen molar-refractivity contribution >= 4 is 11.4 Å². The summed E-state index contributed by atoms with van der Waals surface area (Å²) in [4.78, 5) is 2.42. The number of fused-ring (bicyclic) bond motifs is 1. The highest BCUT2D eigenvalue weighted by Crippen LogP contribution is 2.42. The fourth-order valence-corrected chi connectivity index (χ4v) is 2.39. The Labute approximate surface area is 105 Å². The summed E-state index contributed by atoms with van der Waals surface area (Å²) in [5, 5.41) is 3.55. The fourth-order valence-electron chi connectivity index (χ4n) is 2.39. The van der Waals surface area contributed by atoms with Gasteiger partial charge in [0, 0.05) is 13.6 Å². The van der Waals surface area contributed by atoms with Gasteiger partial charge in [0.15, 0.2) is 0 Å². The molecule has 0 amide bonds. The molecule has 1 heterocycles. The maximum absolute atomic E-state index is 3.55. The smallest absolute Gasteiger partial charge is 0.0642 e. The zero-order chi connectivity index (χ0) is 12.8. The number of hydrogen-bond acceptors (Lipinski definition) is 2. The minimum atomic E-state index is 0.161. The molecule has 2 heteroatoms. The van der Waals surface area contributed by atoms with Crippen LogP contribution in [0, 0.1) is 0 Å². The SMILES string of the molecule is CN1c2c(cccc2C(C)(C)C)NCC1(C)C. The van der Waals surface area contributed by atoms with E-state index >= 15 is 0 Å². The Morgan fingerprint density at radius 2 is 1.88 bits per heavy atom. The van der Waals surface area contributed by atoms with Gasteiger partial charge in [-0.3, -0.25) is 0 Å². The molecule has 0 aromatic heterocycles. The van der Waals surface area contributed by atoms with E-state index in [2.05, 4.69) is 70.1 Å². The predicted molar refractivity (Wildman–Crippen MR) is 76.1 cm³/mol. The van der Waals surface area contributed by atoms with E-state index in [-0.39, 0.29) is 11.0 Å². The third-order valence-corrected chi connectivity index (χ3v) is 3.80. The lowest BCUT2D eigenvalue weighted by molar-refractivity contribution is 0.493. The third-order valence-electron chi connectivity index (χ3n) is 3.80. The van der Waals surface area contributed by atoms with Crippen molar-refractivity contribution in [1.82, 2.24) is 0 Å². The van der Waals surface area contributed by atoms with Gasteiger partial charge in [-0.25, -0.2) is 0 Å². The number of rotatable bonds is 0. The van der Waals surface area contributed by atoms with Crippen molar-refractivity contribution in [2.75, 3.05) is 23.8 Å². The van der Waals surface area contributed by atoms with E-state index in [1.54, 1.807) is 0 Å². The van der Waals surface area contributed by atoms with Crippen molar-refractivity contribution in [3.63, 3.8) is 0 Å². The molecule has 0 atom stereocenters. The monoisotopic (exact) mass is 232 g/mol. The summed E-state index contributed by atoms with van der Waals surface area (Å²) in [7, 11) is 2.20. The molecule has 0 saturated heterocycles. The van der Waals surface area contributed by atoms with Crippen molar-refractivity contribution in [2.24, 2.45) is 0 Å². The summed E-state index contributed by atoms with van der Waals surface area (Å²) in [5.74, 6) is 0. The number of nitrogens with zero attached hydrogens (tertiary/aromatic N) is 1. The van der Waals surface area contributed by atoms with E-state index in [1.165, 1.54) is 16.9 Å². The molecule has 0 saturated carbocycles. The quantitative estimate of drug-likeness (QED) is 0.735. The largest absolute Gasteiger partial charge is 0.381 e. The van der Waals surface area contributed by atoms with Crippen molar-refractivity contribution in [3.8, 4) is 0 Å². The van der Waals surface area contributed by atoms with Crippen LogP contribution in [0.5, 0.6) is 0 Å². The molecule has 0 bridgehead atoms. The van der Waals surface area contributed by atoms with Crippen molar-refractivity contribution in [2.45, 2.75) is 45.6 Å². The molecular formula is C15H24N2. The Bertz CT molecular complexity index is 427. The number of likely N-dealkylation sites (N-methyl/N-ethyl adjacent to an activating group) is 1. The summed E-state index contributed by atoms with van der Waals surface area (Å²) >= 11 is 0. The normalized spacial score (nSPS) is 18.6. The fraction of sp³-hybridized carbons (Fsp3) is 0.600. The first-order valence-corrected chi connectivity index (χ1v) is 6.35. The summed E-state index contributed by atoms with van der Waals surface area (Å²) in [5.41, 5.74) is 4.37. The summed E-state index contributed by atoms with van der Waals surface area (Å²) < 4.78 is 0. The lowest BCUT2D eigenvalue weighted by Crippen LogP contribution is -2.50. The van der Waals surface area contributed by atoms with Gasteiger partial charge in [-0.05, 0) is 30.9 Å². The maximum atomic E-state index is 3.55. The number of anilines is 2. The van der Waals surface area contributed by atoms with Crippen LogP contribution in [0.4, 0.5) is 11.4 Å². The number of benzene rings is 1. The molecule has 2 rings (SSSR count). The van der Waals surface area contributed by atoms with Crippen LogP contribution in [0.3, 0.4) is 0 Å². The third kappa shape index (κ3) is 2.01. The number of hydrogen-bond donors (Lipinski definition) is 1. The zero-order valence-electron chi connectivity index (χ0n) is 11.9. The second-order valence-corrected chi connectivity index (χ2v) is 6.68. The van der Waals surface area contributed by atoms with Gasteiger partial charge in [0.1, 0.15) is 0 Å². The Morgan fingerprint density at radius 1 is 1.24 bits per heavy atom. The van der Waals surface area contributed by atoms with Gasteiger partial charge in [0.2, 0.25) is 0 Å². The van der Waals surface area contributed by atoms with Crippen LogP contribution < -0.4 is 10.2 Å². The van der Waals surface area contributed by atoms with Gasteiger partial charge < -0.3 is 10.2 Å². The number of para-hydroxylation sites is 1. The van der Waals surface area contributed by atoms with Crippen molar-refractivity contribution in [3.05, 3.63) is 23.8 Å². The Hall–Kier alpha value is -1.18. The number of nitrogens with one attached hydrogen (secondary N) is 1. The van der Waals surface area contributed by atoms with Gasteiger partial charge >= 0.3 is 0 Å². The van der Waals surface area contributed by atoms with Crippen molar-refractivity contribution in [1.29, 1.82) is 0 Å². The topological polar surface area (TPSA) is 15.3 Å². The van der Waals surface area contributed by atoms with E-state index in [0.717, 1.165) is 6.54 Å². The van der Waals surface area contributed by atoms with Crippen molar-refractivity contribution < 1.29 is 0 Å². The molecule has 0 spiro atoms. The molecule has 0 radical (unpaired) electrons. The van der Waals surface area contributed by atoms with Crippen LogP contribution >= 0.6 is 0 Å². The van der Waals surface area contributed by atoms with Gasteiger partial charge in [0.25, 0.3) is 0 Å². The average molecular weight is 232 g/mol. The van der Waals surface area contributed by atoms with Crippen LogP contribution in [0.2, 0.25) is 0 Å². The molecule has 1 aromatic rings. The lowest BCUT2D eigenvalue weighted by atomic mass is 9.83. The van der Waals surface area contributed by atoms with E-state index in [1.807, 2.05) is 0 Å². The maximum Gasteiger partial charge on any atom is 0.0642 e. The first-order chi connectivity index (χ1) is 7.73. The predicted octanol–water partition coefficient (Wildman–Crippen LogP) is 3.62. The highest BCUT2D eigenvalue weighted by Gasteiger charge is 2.33. The minimum absolute atomic E-state index is 0.161. The molecule has 94 valence electrons. The van der Waals surface area contributed by atoms with Crippen LogP contribution in [-0.4, -0.2) is 19.1 Å². The Kier molecular flexibility index (Phi) is 2.64. The first-order valence-electron chi connectivity index (χ1n) is 6.35. The first kappa shape index (κ1) is 12.3. The van der Waals surface area contributed by atoms with E-state index < -0.39 is 0 Å². The Balaban J connectivity index is 2.61. The molecule has 17 heavy (non-hydrogen) atoms. The Morgan fingerprint density at radius 3 is 2.47 bits per heavy atom. The summed E-state index contributed by atoms with van der Waals surface area (Å²) in [6.07, 6.45) is 0. The minimum Gasteiger partial charge on any atom is -0.381 e. The van der Waals surface area contributed by atoms with Crippen LogP contribution in [-0.2, 0) is 5.41 Å². The van der Waals surface area contributed by atoms with Gasteiger partial charge in [-0.2, -0.15) is 0 Å². The molecule has 0 fully saturated rings. The van der Waals surface area contributed by atoms with Gasteiger partial charge in [-0.1, -0.05) is 32.9 Å². The van der Waals surface area contributed by atoms with Gasteiger partial charge in [-0.15, -0.1) is 0 Å². The van der Waals surface area contributed by atoms with Gasteiger partial charge in [0.05, 0.1) is 16.9 Å². The molecule has 1 aliphatic heterocycles. The highest BCUT2D eigenvalue weighted by atomic mass is 15.2. The van der Waals surface area contributed by atoms with E-state index in [4.69, 9.17) is 0 Å². The zero-order valence-corrected chi connectivity index (χ0v) is 11.9. The molecule has 1 aromatic carbocycles. The molecule has 1 aliphatic rings. The summed E-state index contributed by atoms with van der Waals surface area (Å²) in [6.45, 7) is 12.4. The highest BCUT2D eigenvalue weighted by molar-refractivity contribution is 5.77. The van der Waals surface area contributed by atoms with Crippen LogP contribution in [0.15, 0.2) is 18.2 Å². The molecule has 2 nitrogen and oxygen atoms in total. The molecule has 1 N–H and O–H groups in total. The van der Waals surface area contributed by atoms with E-state index in [9.17, 15) is 0 Å². The lowest BCUT2D eigenvalue weighted by Gasteiger charge is -2.45. The second kappa shape index (κ2) is 3.66. The van der Waals surface area contributed by atoms with Crippen LogP contribution in [0.1, 0.15) is 40.2 Å². The second-order valence-electron chi connectivity index (χ2n) is 6.68. The van der Waals surface area contributed by atoms with E-state index in [0.29, 0.717) is 0 Å².